The number of amides is 3. The molecule has 240 valence electrons. The molecule has 1 unspecified atom stereocenters. The molecule has 1 fully saturated rings. The van der Waals surface area contributed by atoms with Gasteiger partial charge < -0.3 is 24.6 Å². The van der Waals surface area contributed by atoms with Crippen molar-refractivity contribution in [2.24, 2.45) is 0 Å². The number of hydrogen-bond donors (Lipinski definition) is 1. The second-order valence-corrected chi connectivity index (χ2v) is 11.2. The number of morpholine rings is 1. The van der Waals surface area contributed by atoms with Gasteiger partial charge in [-0.2, -0.15) is 0 Å². The number of para-hydroxylation sites is 1. The van der Waals surface area contributed by atoms with Crippen LogP contribution < -0.4 is 19.9 Å². The summed E-state index contributed by atoms with van der Waals surface area (Å²) in [6.07, 6.45) is 0. The molecule has 1 N–H and O–H groups in total. The van der Waals surface area contributed by atoms with E-state index in [1.807, 2.05) is 12.1 Å². The Hall–Kier alpha value is -5.55. The van der Waals surface area contributed by atoms with E-state index in [9.17, 15) is 19.2 Å². The SMILES string of the molecule is COc1cccc(C(C(=O)Nc2ccc(N3CCOCC3)cc2)N(Cc2ccccc2F)C(=O)CN2C(=O)C(=O)c3ccccc32)c1. The molecule has 4 aromatic carbocycles. The van der Waals surface area contributed by atoms with Gasteiger partial charge in [0.15, 0.2) is 0 Å². The Morgan fingerprint density at radius 3 is 2.40 bits per heavy atom. The summed E-state index contributed by atoms with van der Waals surface area (Å²) in [5.74, 6) is -2.93. The zero-order valence-corrected chi connectivity index (χ0v) is 25.7. The van der Waals surface area contributed by atoms with E-state index in [4.69, 9.17) is 9.47 Å². The number of Topliss-reactive ketones (excluding diaryl/α,β-unsaturated/α-hetero) is 1. The van der Waals surface area contributed by atoms with Gasteiger partial charge >= 0.3 is 0 Å². The third kappa shape index (κ3) is 6.70. The average Bonchev–Trinajstić information content (AvgIpc) is 3.34. The highest BCUT2D eigenvalue weighted by Gasteiger charge is 2.39. The molecule has 47 heavy (non-hydrogen) atoms. The van der Waals surface area contributed by atoms with Crippen molar-refractivity contribution >= 4 is 40.6 Å². The molecule has 0 aliphatic carbocycles. The fraction of sp³-hybridized carbons (Fsp3) is 0.222. The third-order valence-corrected chi connectivity index (χ3v) is 8.27. The van der Waals surface area contributed by atoms with Crippen LogP contribution >= 0.6 is 0 Å². The number of ether oxygens (including phenoxy) is 2. The van der Waals surface area contributed by atoms with E-state index >= 15 is 4.39 Å². The summed E-state index contributed by atoms with van der Waals surface area (Å²) in [6, 6.07) is 25.2. The minimum atomic E-state index is -1.28. The second-order valence-electron chi connectivity index (χ2n) is 11.2. The minimum Gasteiger partial charge on any atom is -0.497 e. The molecule has 0 bridgehead atoms. The highest BCUT2D eigenvalue weighted by molar-refractivity contribution is 6.52. The first-order valence-corrected chi connectivity index (χ1v) is 15.2. The summed E-state index contributed by atoms with van der Waals surface area (Å²) in [5, 5.41) is 2.92. The topological polar surface area (TPSA) is 108 Å². The van der Waals surface area contributed by atoms with Crippen LogP contribution in [0, 0.1) is 5.82 Å². The number of hydrogen-bond acceptors (Lipinski definition) is 7. The maximum atomic E-state index is 15.1. The molecule has 11 heteroatoms. The molecule has 10 nitrogen and oxygen atoms in total. The molecule has 1 saturated heterocycles. The first-order valence-electron chi connectivity index (χ1n) is 15.2. The van der Waals surface area contributed by atoms with Crippen LogP contribution in [0.15, 0.2) is 97.1 Å². The van der Waals surface area contributed by atoms with Gasteiger partial charge in [0.25, 0.3) is 17.6 Å². The van der Waals surface area contributed by atoms with E-state index in [0.29, 0.717) is 35.9 Å². The lowest BCUT2D eigenvalue weighted by Crippen LogP contribution is -2.46. The van der Waals surface area contributed by atoms with Crippen molar-refractivity contribution in [1.29, 1.82) is 0 Å². The monoisotopic (exact) mass is 636 g/mol. The van der Waals surface area contributed by atoms with Gasteiger partial charge in [0, 0.05) is 36.6 Å². The molecule has 3 amide bonds. The Kier molecular flexibility index (Phi) is 9.25. The van der Waals surface area contributed by atoms with Crippen molar-refractivity contribution in [3.05, 3.63) is 120 Å². The lowest BCUT2D eigenvalue weighted by molar-refractivity contribution is -0.139. The van der Waals surface area contributed by atoms with Gasteiger partial charge in [0.2, 0.25) is 5.91 Å². The predicted molar refractivity (Wildman–Crippen MR) is 174 cm³/mol. The lowest BCUT2D eigenvalue weighted by Gasteiger charge is -2.33. The van der Waals surface area contributed by atoms with E-state index in [1.54, 1.807) is 60.7 Å². The summed E-state index contributed by atoms with van der Waals surface area (Å²) in [4.78, 5) is 58.8. The molecule has 6 rings (SSSR count). The Morgan fingerprint density at radius 2 is 1.66 bits per heavy atom. The van der Waals surface area contributed by atoms with Gasteiger partial charge in [0.05, 0.1) is 31.6 Å². The molecule has 0 radical (unpaired) electrons. The van der Waals surface area contributed by atoms with Crippen molar-refractivity contribution in [2.45, 2.75) is 12.6 Å². The van der Waals surface area contributed by atoms with E-state index in [-0.39, 0.29) is 17.7 Å². The van der Waals surface area contributed by atoms with Gasteiger partial charge in [-0.3, -0.25) is 24.1 Å². The van der Waals surface area contributed by atoms with Crippen LogP contribution in [0.25, 0.3) is 0 Å². The molecule has 0 spiro atoms. The quantitative estimate of drug-likeness (QED) is 0.254. The van der Waals surface area contributed by atoms with Gasteiger partial charge in [0.1, 0.15) is 24.2 Å². The number of rotatable bonds is 10. The van der Waals surface area contributed by atoms with Crippen LogP contribution in [0.2, 0.25) is 0 Å². The highest BCUT2D eigenvalue weighted by atomic mass is 19.1. The van der Waals surface area contributed by atoms with Gasteiger partial charge in [-0.05, 0) is 60.2 Å². The van der Waals surface area contributed by atoms with E-state index in [2.05, 4.69) is 10.2 Å². The van der Waals surface area contributed by atoms with Crippen LogP contribution in [-0.4, -0.2) is 68.4 Å². The van der Waals surface area contributed by atoms with Crippen molar-refractivity contribution in [2.75, 3.05) is 55.1 Å². The predicted octanol–water partition coefficient (Wildman–Crippen LogP) is 4.61. The number of nitrogens with zero attached hydrogens (tertiary/aromatic N) is 3. The zero-order chi connectivity index (χ0) is 32.9. The van der Waals surface area contributed by atoms with Crippen LogP contribution in [0.3, 0.4) is 0 Å². The van der Waals surface area contributed by atoms with Crippen molar-refractivity contribution in [1.82, 2.24) is 4.90 Å². The van der Waals surface area contributed by atoms with Crippen LogP contribution in [0.4, 0.5) is 21.5 Å². The Labute approximate surface area is 271 Å². The number of halogens is 1. The summed E-state index contributed by atoms with van der Waals surface area (Å²) in [5.41, 5.74) is 2.53. The minimum absolute atomic E-state index is 0.167. The van der Waals surface area contributed by atoms with Gasteiger partial charge in [-0.25, -0.2) is 4.39 Å². The van der Waals surface area contributed by atoms with E-state index in [0.717, 1.165) is 23.7 Å². The van der Waals surface area contributed by atoms with Gasteiger partial charge in [-0.15, -0.1) is 0 Å². The number of ketones is 1. The third-order valence-electron chi connectivity index (χ3n) is 8.27. The summed E-state index contributed by atoms with van der Waals surface area (Å²) >= 11 is 0. The number of methoxy groups -OCH3 is 1. The highest BCUT2D eigenvalue weighted by Crippen LogP contribution is 2.32. The van der Waals surface area contributed by atoms with E-state index < -0.39 is 41.9 Å². The Balaban J connectivity index is 1.36. The van der Waals surface area contributed by atoms with Gasteiger partial charge in [-0.1, -0.05) is 42.5 Å². The zero-order valence-electron chi connectivity index (χ0n) is 25.7. The average molecular weight is 637 g/mol. The number of fused-ring (bicyclic) bond motifs is 1. The molecule has 2 aliphatic heterocycles. The number of nitrogens with one attached hydrogen (secondary N) is 1. The van der Waals surface area contributed by atoms with Crippen LogP contribution in [0.5, 0.6) is 5.75 Å². The molecule has 1 atom stereocenters. The van der Waals surface area contributed by atoms with Crippen LogP contribution in [0.1, 0.15) is 27.5 Å². The largest absolute Gasteiger partial charge is 0.497 e. The summed E-state index contributed by atoms with van der Waals surface area (Å²) < 4.78 is 25.9. The Morgan fingerprint density at radius 1 is 0.936 bits per heavy atom. The number of benzene rings is 4. The molecule has 0 saturated carbocycles. The number of carbonyl (C=O) groups is 4. The first-order chi connectivity index (χ1) is 22.8. The summed E-state index contributed by atoms with van der Waals surface area (Å²) in [7, 11) is 1.49. The summed E-state index contributed by atoms with van der Waals surface area (Å²) in [6.45, 7) is 1.94. The molecule has 0 aromatic heterocycles. The van der Waals surface area contributed by atoms with E-state index in [1.165, 1.54) is 36.3 Å². The van der Waals surface area contributed by atoms with Crippen molar-refractivity contribution in [3.63, 3.8) is 0 Å². The fourth-order valence-corrected chi connectivity index (χ4v) is 5.84. The standard InChI is InChI=1S/C36H33FN4O6/c1-46-28-9-6-8-24(21-28)33(35(44)38-26-13-15-27(16-14-26)39-17-19-47-20-18-39)41(22-25-7-2-4-11-30(25)37)32(42)23-40-31-12-5-3-10-29(31)34(43)36(40)45/h2-16,21,33H,17-20,22-23H2,1H3,(H,38,44). The van der Waals surface area contributed by atoms with Crippen molar-refractivity contribution in [3.8, 4) is 5.75 Å². The first kappa shape index (κ1) is 31.4. The fourth-order valence-electron chi connectivity index (χ4n) is 5.84. The molecule has 2 aliphatic rings. The molecular weight excluding hydrogens is 603 g/mol. The maximum Gasteiger partial charge on any atom is 0.299 e. The maximum absolute atomic E-state index is 15.1. The number of carbonyl (C=O) groups excluding carboxylic acids is 4. The van der Waals surface area contributed by atoms with Crippen LogP contribution in [-0.2, 0) is 25.7 Å². The smallest absolute Gasteiger partial charge is 0.299 e. The molecule has 4 aromatic rings. The molecular formula is C36H33FN4O6. The molecule has 2 heterocycles. The van der Waals surface area contributed by atoms with Crippen molar-refractivity contribution < 1.29 is 33.0 Å². The second kappa shape index (κ2) is 13.8. The number of anilines is 3. The normalized spacial score (nSPS) is 14.9. The Bertz CT molecular complexity index is 1810. The lowest BCUT2D eigenvalue weighted by atomic mass is 10.0.